The fourth-order valence-electron chi connectivity index (χ4n) is 4.72. The van der Waals surface area contributed by atoms with Gasteiger partial charge in [-0.2, -0.15) is 4.31 Å². The number of amides is 2. The van der Waals surface area contributed by atoms with Gasteiger partial charge in [-0.1, -0.05) is 97.7 Å². The minimum absolute atomic E-state index is 0.0962. The Balaban J connectivity index is 1.65. The average molecular weight is 606 g/mol. The average Bonchev–Trinajstić information content (AvgIpc) is 3.00. The zero-order valence-corrected chi connectivity index (χ0v) is 25.4. The molecule has 0 radical (unpaired) electrons. The van der Waals surface area contributed by atoms with Crippen molar-refractivity contribution >= 4 is 44.2 Å². The van der Waals surface area contributed by atoms with Crippen LogP contribution in [0.15, 0.2) is 102 Å². The summed E-state index contributed by atoms with van der Waals surface area (Å²) in [5, 5.41) is 5.23. The van der Waals surface area contributed by atoms with Crippen molar-refractivity contribution in [1.82, 2.24) is 14.5 Å². The van der Waals surface area contributed by atoms with Crippen molar-refractivity contribution in [2.75, 3.05) is 20.1 Å². The molecule has 0 unspecified atom stereocenters. The van der Waals surface area contributed by atoms with Gasteiger partial charge in [0.25, 0.3) is 0 Å². The summed E-state index contributed by atoms with van der Waals surface area (Å²) >= 11 is 6.10. The summed E-state index contributed by atoms with van der Waals surface area (Å²) in [4.78, 5) is 29.2. The molecule has 4 aromatic carbocycles. The van der Waals surface area contributed by atoms with Crippen LogP contribution < -0.4 is 5.32 Å². The molecule has 0 aliphatic rings. The number of unbranched alkanes of at least 4 members (excludes halogenated alkanes) is 1. The van der Waals surface area contributed by atoms with E-state index in [1.54, 1.807) is 42.5 Å². The lowest BCUT2D eigenvalue weighted by Crippen LogP contribution is -2.53. The second-order valence-electron chi connectivity index (χ2n) is 10.3. The number of hydrogen-bond acceptors (Lipinski definition) is 4. The van der Waals surface area contributed by atoms with Gasteiger partial charge in [-0.05, 0) is 52.6 Å². The van der Waals surface area contributed by atoms with Crippen molar-refractivity contribution in [1.29, 1.82) is 0 Å². The molecular weight excluding hydrogens is 570 g/mol. The van der Waals surface area contributed by atoms with Gasteiger partial charge >= 0.3 is 0 Å². The highest BCUT2D eigenvalue weighted by atomic mass is 35.5. The molecule has 0 heterocycles. The van der Waals surface area contributed by atoms with Crippen LogP contribution in [0.3, 0.4) is 0 Å². The summed E-state index contributed by atoms with van der Waals surface area (Å²) in [6.45, 7) is 2.20. The molecule has 0 bridgehead atoms. The van der Waals surface area contributed by atoms with Crippen molar-refractivity contribution in [2.45, 2.75) is 43.7 Å². The van der Waals surface area contributed by atoms with Crippen LogP contribution in [-0.4, -0.2) is 55.6 Å². The summed E-state index contributed by atoms with van der Waals surface area (Å²) in [6, 6.07) is 28.1. The molecule has 4 aromatic rings. The fraction of sp³-hybridized carbons (Fsp3) is 0.273. The molecule has 9 heteroatoms. The highest BCUT2D eigenvalue weighted by molar-refractivity contribution is 7.89. The highest BCUT2D eigenvalue weighted by Gasteiger charge is 2.33. The maximum atomic E-state index is 14.0. The van der Waals surface area contributed by atoms with E-state index in [9.17, 15) is 18.0 Å². The molecule has 2 amide bonds. The molecule has 7 nitrogen and oxygen atoms in total. The van der Waals surface area contributed by atoms with Gasteiger partial charge in [0, 0.05) is 31.6 Å². The molecule has 1 N–H and O–H groups in total. The van der Waals surface area contributed by atoms with Gasteiger partial charge in [-0.15, -0.1) is 0 Å². The molecule has 1 atom stereocenters. The van der Waals surface area contributed by atoms with Crippen molar-refractivity contribution in [3.8, 4) is 0 Å². The molecule has 0 fully saturated rings. The number of halogens is 1. The van der Waals surface area contributed by atoms with E-state index in [1.165, 1.54) is 11.9 Å². The molecule has 0 aliphatic carbocycles. The minimum Gasteiger partial charge on any atom is -0.354 e. The number of benzene rings is 4. The van der Waals surface area contributed by atoms with Gasteiger partial charge in [0.1, 0.15) is 6.04 Å². The summed E-state index contributed by atoms with van der Waals surface area (Å²) in [7, 11) is -2.61. The number of sulfonamides is 1. The van der Waals surface area contributed by atoms with E-state index < -0.39 is 28.5 Å². The number of nitrogens with one attached hydrogen (secondary N) is 1. The third-order valence-corrected chi connectivity index (χ3v) is 9.21. The number of nitrogens with zero attached hydrogens (tertiary/aromatic N) is 2. The van der Waals surface area contributed by atoms with Crippen LogP contribution in [0.2, 0.25) is 5.02 Å². The first-order valence-corrected chi connectivity index (χ1v) is 15.8. The molecular formula is C33H36ClN3O4S. The molecule has 42 heavy (non-hydrogen) atoms. The SMILES string of the molecule is CCCCNC(=O)[C@@H](Cc1ccccc1)N(Cc1ccc(Cl)cc1)C(=O)CN(C)S(=O)(=O)c1ccc2ccccc2c1. The van der Waals surface area contributed by atoms with E-state index >= 15 is 0 Å². The third kappa shape index (κ3) is 7.97. The zero-order chi connectivity index (χ0) is 30.1. The Labute approximate surface area is 253 Å². The molecule has 4 rings (SSSR count). The molecule has 220 valence electrons. The molecule has 0 aromatic heterocycles. The van der Waals surface area contributed by atoms with Crippen molar-refractivity contribution < 1.29 is 18.0 Å². The predicted molar refractivity (Wildman–Crippen MR) is 168 cm³/mol. The third-order valence-electron chi connectivity index (χ3n) is 7.15. The Morgan fingerprint density at radius 2 is 1.52 bits per heavy atom. The van der Waals surface area contributed by atoms with E-state index in [2.05, 4.69) is 5.32 Å². The lowest BCUT2D eigenvalue weighted by Gasteiger charge is -2.32. The maximum Gasteiger partial charge on any atom is 0.243 e. The van der Waals surface area contributed by atoms with Crippen LogP contribution in [-0.2, 0) is 32.6 Å². The topological polar surface area (TPSA) is 86.8 Å². The standard InChI is InChI=1S/C33H36ClN3O4S/c1-3-4-20-35-33(39)31(21-25-10-6-5-7-11-25)37(23-26-14-17-29(34)18-15-26)32(38)24-36(2)42(40,41)30-19-16-27-12-8-9-13-28(27)22-30/h5-19,22,31H,3-4,20-21,23-24H2,1-2H3,(H,35,39)/t31-/m1/s1. The predicted octanol–water partition coefficient (Wildman–Crippen LogP) is 5.67. The lowest BCUT2D eigenvalue weighted by molar-refractivity contribution is -0.141. The summed E-state index contributed by atoms with van der Waals surface area (Å²) in [6.07, 6.45) is 2.00. The van der Waals surface area contributed by atoms with Crippen LogP contribution in [0.5, 0.6) is 0 Å². The Morgan fingerprint density at radius 3 is 2.21 bits per heavy atom. The number of carbonyl (C=O) groups excluding carboxylic acids is 2. The monoisotopic (exact) mass is 605 g/mol. The Bertz CT molecular complexity index is 1610. The van der Waals surface area contributed by atoms with Crippen LogP contribution in [0, 0.1) is 0 Å². The molecule has 0 saturated carbocycles. The van der Waals surface area contributed by atoms with Crippen molar-refractivity contribution in [3.63, 3.8) is 0 Å². The number of carbonyl (C=O) groups is 2. The maximum absolute atomic E-state index is 14.0. The number of fused-ring (bicyclic) bond motifs is 1. The molecule has 0 saturated heterocycles. The van der Waals surface area contributed by atoms with E-state index in [-0.39, 0.29) is 23.8 Å². The van der Waals surface area contributed by atoms with Gasteiger partial charge in [-0.3, -0.25) is 9.59 Å². The van der Waals surface area contributed by atoms with E-state index in [0.717, 1.165) is 39.0 Å². The van der Waals surface area contributed by atoms with E-state index in [4.69, 9.17) is 11.6 Å². The summed E-state index contributed by atoms with van der Waals surface area (Å²) in [5.74, 6) is -0.766. The second kappa shape index (κ2) is 14.4. The second-order valence-corrected chi connectivity index (χ2v) is 12.7. The van der Waals surface area contributed by atoms with Gasteiger partial charge in [0.05, 0.1) is 11.4 Å². The number of rotatable bonds is 13. The van der Waals surface area contributed by atoms with Crippen molar-refractivity contribution in [2.24, 2.45) is 0 Å². The summed E-state index contributed by atoms with van der Waals surface area (Å²) < 4.78 is 28.2. The van der Waals surface area contributed by atoms with Gasteiger partial charge in [-0.25, -0.2) is 8.42 Å². The Morgan fingerprint density at radius 1 is 0.857 bits per heavy atom. The smallest absolute Gasteiger partial charge is 0.243 e. The first-order valence-electron chi connectivity index (χ1n) is 14.0. The lowest BCUT2D eigenvalue weighted by atomic mass is 10.0. The van der Waals surface area contributed by atoms with Crippen molar-refractivity contribution in [3.05, 3.63) is 113 Å². The van der Waals surface area contributed by atoms with Gasteiger partial charge in [0.15, 0.2) is 0 Å². The normalized spacial score (nSPS) is 12.3. The van der Waals surface area contributed by atoms with Gasteiger partial charge in [0.2, 0.25) is 21.8 Å². The molecule has 0 aliphatic heterocycles. The van der Waals surface area contributed by atoms with E-state index in [1.807, 2.05) is 61.5 Å². The largest absolute Gasteiger partial charge is 0.354 e. The Hall–Kier alpha value is -3.72. The first kappa shape index (κ1) is 31.2. The summed E-state index contributed by atoms with van der Waals surface area (Å²) in [5.41, 5.74) is 1.66. The number of likely N-dealkylation sites (N-methyl/N-ethyl adjacent to an activating group) is 1. The van der Waals surface area contributed by atoms with Crippen LogP contribution in [0.25, 0.3) is 10.8 Å². The molecule has 0 spiro atoms. The first-order chi connectivity index (χ1) is 20.2. The van der Waals surface area contributed by atoms with Gasteiger partial charge < -0.3 is 10.2 Å². The van der Waals surface area contributed by atoms with Crippen LogP contribution >= 0.6 is 11.6 Å². The Kier molecular flexibility index (Phi) is 10.7. The van der Waals surface area contributed by atoms with E-state index in [0.29, 0.717) is 11.6 Å². The van der Waals surface area contributed by atoms with Crippen LogP contribution in [0.1, 0.15) is 30.9 Å². The number of hydrogen-bond donors (Lipinski definition) is 1. The zero-order valence-electron chi connectivity index (χ0n) is 23.9. The quantitative estimate of drug-likeness (QED) is 0.199. The minimum atomic E-state index is -3.99. The fourth-order valence-corrected chi connectivity index (χ4v) is 6.00. The highest BCUT2D eigenvalue weighted by Crippen LogP contribution is 2.22. The van der Waals surface area contributed by atoms with Crippen LogP contribution in [0.4, 0.5) is 0 Å².